The lowest BCUT2D eigenvalue weighted by Crippen LogP contribution is -2.20. The third-order valence-electron chi connectivity index (χ3n) is 6.29. The standard InChI is InChI=1S/C31H26N2O4/c1-36-28-17-16-23(19-29(28)37-2)33-30(34)25-14-8-7-13-24(25)26(31(33)35)20-32-27-15-9-6-12-22(27)18-21-10-4-3-5-11-21/h3-17,19-20,35H,18H2,1-2H3. The molecule has 0 saturated carbocycles. The number of aliphatic imine (C=N–C) groups is 1. The number of para-hydroxylation sites is 1. The first-order valence-corrected chi connectivity index (χ1v) is 11.9. The van der Waals surface area contributed by atoms with Crippen molar-refractivity contribution in [1.82, 2.24) is 4.57 Å². The van der Waals surface area contributed by atoms with Gasteiger partial charge in [0.1, 0.15) is 0 Å². The number of nitrogens with zero attached hydrogens (tertiary/aromatic N) is 2. The molecule has 0 saturated heterocycles. The Balaban J connectivity index is 1.65. The molecule has 1 N–H and O–H groups in total. The van der Waals surface area contributed by atoms with E-state index in [-0.39, 0.29) is 11.4 Å². The Kier molecular flexibility index (Phi) is 6.72. The summed E-state index contributed by atoms with van der Waals surface area (Å²) < 4.78 is 12.0. The Morgan fingerprint density at radius 3 is 2.24 bits per heavy atom. The molecule has 5 aromatic rings. The molecule has 1 aromatic heterocycles. The van der Waals surface area contributed by atoms with Gasteiger partial charge in [0.05, 0.1) is 31.2 Å². The molecule has 0 bridgehead atoms. The number of hydrogen-bond acceptors (Lipinski definition) is 5. The lowest BCUT2D eigenvalue weighted by atomic mass is 10.0. The van der Waals surface area contributed by atoms with Gasteiger partial charge in [-0.1, -0.05) is 66.7 Å². The van der Waals surface area contributed by atoms with E-state index in [1.807, 2.05) is 54.6 Å². The van der Waals surface area contributed by atoms with Crippen molar-refractivity contribution in [3.05, 3.63) is 124 Å². The van der Waals surface area contributed by atoms with Gasteiger partial charge < -0.3 is 14.6 Å². The molecule has 184 valence electrons. The zero-order valence-electron chi connectivity index (χ0n) is 20.6. The fourth-order valence-corrected chi connectivity index (χ4v) is 4.43. The van der Waals surface area contributed by atoms with E-state index in [0.29, 0.717) is 33.5 Å². The van der Waals surface area contributed by atoms with Crippen molar-refractivity contribution in [1.29, 1.82) is 0 Å². The molecule has 6 nitrogen and oxygen atoms in total. The van der Waals surface area contributed by atoms with Crippen LogP contribution in [-0.2, 0) is 6.42 Å². The minimum absolute atomic E-state index is 0.208. The Bertz CT molecular complexity index is 1660. The summed E-state index contributed by atoms with van der Waals surface area (Å²) in [7, 11) is 3.07. The summed E-state index contributed by atoms with van der Waals surface area (Å²) in [4.78, 5) is 18.2. The van der Waals surface area contributed by atoms with E-state index in [0.717, 1.165) is 17.7 Å². The van der Waals surface area contributed by atoms with E-state index in [1.54, 1.807) is 43.7 Å². The lowest BCUT2D eigenvalue weighted by Gasteiger charge is -2.15. The second-order valence-electron chi connectivity index (χ2n) is 8.51. The van der Waals surface area contributed by atoms with E-state index in [1.165, 1.54) is 17.2 Å². The molecular formula is C31H26N2O4. The number of hydrogen-bond donors (Lipinski definition) is 1. The predicted molar refractivity (Wildman–Crippen MR) is 147 cm³/mol. The van der Waals surface area contributed by atoms with Crippen molar-refractivity contribution in [3.63, 3.8) is 0 Å². The van der Waals surface area contributed by atoms with Crippen LogP contribution in [0.3, 0.4) is 0 Å². The van der Waals surface area contributed by atoms with Crippen LogP contribution >= 0.6 is 0 Å². The smallest absolute Gasteiger partial charge is 0.265 e. The summed E-state index contributed by atoms with van der Waals surface area (Å²) in [5, 5.41) is 12.5. The Hall–Kier alpha value is -4.84. The van der Waals surface area contributed by atoms with Crippen LogP contribution in [0.15, 0.2) is 107 Å². The highest BCUT2D eigenvalue weighted by Gasteiger charge is 2.18. The second kappa shape index (κ2) is 10.4. The maximum atomic E-state index is 13.5. The Morgan fingerprint density at radius 1 is 0.811 bits per heavy atom. The molecule has 37 heavy (non-hydrogen) atoms. The quantitative estimate of drug-likeness (QED) is 0.282. The van der Waals surface area contributed by atoms with Gasteiger partial charge in [-0.05, 0) is 41.8 Å². The Morgan fingerprint density at radius 2 is 1.49 bits per heavy atom. The van der Waals surface area contributed by atoms with E-state index in [4.69, 9.17) is 14.5 Å². The van der Waals surface area contributed by atoms with Gasteiger partial charge in [0.15, 0.2) is 11.5 Å². The summed E-state index contributed by atoms with van der Waals surface area (Å²) >= 11 is 0. The van der Waals surface area contributed by atoms with Crippen molar-refractivity contribution in [3.8, 4) is 23.1 Å². The van der Waals surface area contributed by atoms with Gasteiger partial charge in [-0.15, -0.1) is 0 Å². The molecule has 0 aliphatic heterocycles. The van der Waals surface area contributed by atoms with E-state index in [2.05, 4.69) is 12.1 Å². The summed E-state index contributed by atoms with van der Waals surface area (Å²) in [6.07, 6.45) is 2.35. The first-order chi connectivity index (χ1) is 18.1. The fourth-order valence-electron chi connectivity index (χ4n) is 4.43. The van der Waals surface area contributed by atoms with E-state index >= 15 is 0 Å². The minimum Gasteiger partial charge on any atom is -0.494 e. The second-order valence-corrected chi connectivity index (χ2v) is 8.51. The molecule has 5 rings (SSSR count). The summed E-state index contributed by atoms with van der Waals surface area (Å²) in [5.41, 5.74) is 3.58. The van der Waals surface area contributed by atoms with Gasteiger partial charge in [-0.25, -0.2) is 4.57 Å². The highest BCUT2D eigenvalue weighted by Crippen LogP contribution is 2.32. The number of methoxy groups -OCH3 is 2. The molecule has 0 atom stereocenters. The minimum atomic E-state index is -0.345. The number of rotatable bonds is 7. The summed E-state index contributed by atoms with van der Waals surface area (Å²) in [6, 6.07) is 30.4. The van der Waals surface area contributed by atoms with E-state index in [9.17, 15) is 9.90 Å². The van der Waals surface area contributed by atoms with Gasteiger partial charge in [-0.3, -0.25) is 9.79 Å². The number of pyridine rings is 1. The van der Waals surface area contributed by atoms with Gasteiger partial charge >= 0.3 is 0 Å². The normalized spacial score (nSPS) is 11.2. The van der Waals surface area contributed by atoms with E-state index < -0.39 is 0 Å². The molecule has 0 fully saturated rings. The molecule has 0 aliphatic rings. The highest BCUT2D eigenvalue weighted by atomic mass is 16.5. The van der Waals surface area contributed by atoms with Gasteiger partial charge in [0.2, 0.25) is 5.88 Å². The van der Waals surface area contributed by atoms with Crippen LogP contribution in [-0.4, -0.2) is 30.1 Å². The molecule has 1 heterocycles. The van der Waals surface area contributed by atoms with Crippen molar-refractivity contribution < 1.29 is 14.6 Å². The monoisotopic (exact) mass is 490 g/mol. The fraction of sp³-hybridized carbons (Fsp3) is 0.0968. The largest absolute Gasteiger partial charge is 0.494 e. The van der Waals surface area contributed by atoms with Crippen molar-refractivity contribution >= 4 is 22.7 Å². The van der Waals surface area contributed by atoms with Crippen LogP contribution in [0.4, 0.5) is 5.69 Å². The van der Waals surface area contributed by atoms with Crippen molar-refractivity contribution in [2.45, 2.75) is 6.42 Å². The Labute approximate surface area is 214 Å². The molecule has 0 spiro atoms. The molecule has 6 heteroatoms. The van der Waals surface area contributed by atoms with Crippen molar-refractivity contribution in [2.24, 2.45) is 4.99 Å². The molecular weight excluding hydrogens is 464 g/mol. The zero-order valence-corrected chi connectivity index (χ0v) is 20.6. The number of benzene rings is 4. The van der Waals surface area contributed by atoms with Crippen LogP contribution in [0.25, 0.3) is 16.5 Å². The highest BCUT2D eigenvalue weighted by molar-refractivity contribution is 6.02. The maximum absolute atomic E-state index is 13.5. The summed E-state index contributed by atoms with van der Waals surface area (Å²) in [5.74, 6) is 0.765. The lowest BCUT2D eigenvalue weighted by molar-refractivity contribution is 0.354. The third kappa shape index (κ3) is 4.69. The average molecular weight is 491 g/mol. The van der Waals surface area contributed by atoms with Crippen molar-refractivity contribution in [2.75, 3.05) is 14.2 Å². The van der Waals surface area contributed by atoms with Gasteiger partial charge in [0, 0.05) is 23.1 Å². The number of aromatic nitrogens is 1. The van der Waals surface area contributed by atoms with Crippen LogP contribution in [0.5, 0.6) is 17.4 Å². The molecule has 4 aromatic carbocycles. The van der Waals surface area contributed by atoms with Gasteiger partial charge in [0.25, 0.3) is 5.56 Å². The number of aromatic hydroxyl groups is 1. The van der Waals surface area contributed by atoms with Crippen LogP contribution in [0.2, 0.25) is 0 Å². The molecule has 0 aliphatic carbocycles. The molecule has 0 radical (unpaired) electrons. The predicted octanol–water partition coefficient (Wildman–Crippen LogP) is 6.05. The number of ether oxygens (including phenoxy) is 2. The zero-order chi connectivity index (χ0) is 25.8. The summed E-state index contributed by atoms with van der Waals surface area (Å²) in [6.45, 7) is 0. The first kappa shape index (κ1) is 23.9. The first-order valence-electron chi connectivity index (χ1n) is 11.9. The van der Waals surface area contributed by atoms with Crippen LogP contribution in [0, 0.1) is 0 Å². The topological polar surface area (TPSA) is 73.0 Å². The third-order valence-corrected chi connectivity index (χ3v) is 6.29. The SMILES string of the molecule is COc1ccc(-n2c(O)c(C=Nc3ccccc3Cc3ccccc3)c3ccccc3c2=O)cc1OC. The van der Waals surface area contributed by atoms with Gasteiger partial charge in [-0.2, -0.15) is 0 Å². The van der Waals surface area contributed by atoms with Crippen LogP contribution in [0.1, 0.15) is 16.7 Å². The number of fused-ring (bicyclic) bond motifs is 1. The molecule has 0 amide bonds. The van der Waals surface area contributed by atoms with Crippen LogP contribution < -0.4 is 15.0 Å². The average Bonchev–Trinajstić information content (AvgIpc) is 2.94. The molecule has 0 unspecified atom stereocenters. The maximum Gasteiger partial charge on any atom is 0.265 e.